The zero-order valence-corrected chi connectivity index (χ0v) is 14.0. The fraction of sp³-hybridized carbons (Fsp3) is 0.500. The Balaban J connectivity index is 1.63. The molecule has 6 nitrogen and oxygen atoms in total. The summed E-state index contributed by atoms with van der Waals surface area (Å²) < 4.78 is 17.7. The van der Waals surface area contributed by atoms with Gasteiger partial charge in [-0.1, -0.05) is 6.42 Å². The number of halogens is 1. The van der Waals surface area contributed by atoms with E-state index in [0.717, 1.165) is 6.42 Å². The number of hydrogen-bond acceptors (Lipinski definition) is 4. The van der Waals surface area contributed by atoms with E-state index in [1.165, 1.54) is 31.4 Å². The van der Waals surface area contributed by atoms with Crippen LogP contribution in [0.4, 0.5) is 10.1 Å². The maximum atomic E-state index is 12.9. The van der Waals surface area contributed by atoms with Gasteiger partial charge in [0.1, 0.15) is 11.2 Å². The van der Waals surface area contributed by atoms with Gasteiger partial charge in [-0.25, -0.2) is 4.39 Å². The van der Waals surface area contributed by atoms with Gasteiger partial charge in [-0.15, -0.1) is 0 Å². The van der Waals surface area contributed by atoms with Crippen molar-refractivity contribution in [2.24, 2.45) is 11.3 Å². The minimum Gasteiger partial charge on any atom is -0.469 e. The van der Waals surface area contributed by atoms with Crippen LogP contribution >= 0.6 is 0 Å². The number of hydrogen-bond donors (Lipinski definition) is 2. The molecule has 7 heteroatoms. The molecule has 2 aliphatic carbocycles. The molecule has 1 aromatic rings. The molecule has 0 radical (unpaired) electrons. The van der Waals surface area contributed by atoms with Gasteiger partial charge in [0.2, 0.25) is 11.8 Å². The third-order valence-corrected chi connectivity index (χ3v) is 5.06. The highest BCUT2D eigenvalue weighted by Gasteiger charge is 2.57. The number of nitrogens with one attached hydrogen (secondary N) is 2. The third kappa shape index (κ3) is 3.50. The van der Waals surface area contributed by atoms with E-state index in [0.29, 0.717) is 31.4 Å². The van der Waals surface area contributed by atoms with Gasteiger partial charge in [-0.2, -0.15) is 0 Å². The van der Waals surface area contributed by atoms with Crippen molar-refractivity contribution in [3.63, 3.8) is 0 Å². The summed E-state index contributed by atoms with van der Waals surface area (Å²) in [5, 5.41) is 5.53. The summed E-state index contributed by atoms with van der Waals surface area (Å²) in [7, 11) is 1.33. The molecular formula is C18H21FN2O4. The monoisotopic (exact) mass is 348 g/mol. The Morgan fingerprint density at radius 3 is 2.40 bits per heavy atom. The van der Waals surface area contributed by atoms with Crippen LogP contribution < -0.4 is 10.6 Å². The Bertz CT molecular complexity index is 685. The van der Waals surface area contributed by atoms with Crippen LogP contribution in [-0.4, -0.2) is 30.9 Å². The van der Waals surface area contributed by atoms with Gasteiger partial charge >= 0.3 is 5.97 Å². The summed E-state index contributed by atoms with van der Waals surface area (Å²) in [6.45, 7) is 0. The molecule has 2 amide bonds. The van der Waals surface area contributed by atoms with Gasteiger partial charge in [0.25, 0.3) is 0 Å². The molecule has 0 saturated heterocycles. The smallest absolute Gasteiger partial charge is 0.310 e. The Morgan fingerprint density at radius 2 is 1.80 bits per heavy atom. The van der Waals surface area contributed by atoms with Crippen molar-refractivity contribution < 1.29 is 23.5 Å². The highest BCUT2D eigenvalue weighted by atomic mass is 19.1. The van der Waals surface area contributed by atoms with E-state index in [2.05, 4.69) is 10.6 Å². The van der Waals surface area contributed by atoms with Gasteiger partial charge in [-0.3, -0.25) is 14.4 Å². The Morgan fingerprint density at radius 1 is 1.12 bits per heavy atom. The first-order valence-corrected chi connectivity index (χ1v) is 8.42. The standard InChI is InChI=1S/C18H21FN2O4/c1-25-15(22)13-3-2-4-14(13)21-17(24)18(9-10-18)16(23)20-12-7-5-11(19)6-8-12/h5-8,13-14H,2-4,9-10H2,1H3,(H,20,23)(H,21,24)/t13-,14+/m0/s1. The first-order chi connectivity index (χ1) is 12.0. The number of carbonyl (C=O) groups is 3. The van der Waals surface area contributed by atoms with Crippen molar-refractivity contribution in [2.75, 3.05) is 12.4 Å². The molecule has 2 saturated carbocycles. The molecule has 0 bridgehead atoms. The second-order valence-corrected chi connectivity index (χ2v) is 6.68. The lowest BCUT2D eigenvalue weighted by Crippen LogP contribution is -2.47. The molecule has 3 rings (SSSR count). The number of carbonyl (C=O) groups excluding carboxylic acids is 3. The van der Waals surface area contributed by atoms with Crippen LogP contribution in [0.5, 0.6) is 0 Å². The number of amides is 2. The van der Waals surface area contributed by atoms with Crippen LogP contribution in [0.15, 0.2) is 24.3 Å². The largest absolute Gasteiger partial charge is 0.469 e. The lowest BCUT2D eigenvalue weighted by Gasteiger charge is -2.22. The van der Waals surface area contributed by atoms with E-state index >= 15 is 0 Å². The topological polar surface area (TPSA) is 84.5 Å². The maximum Gasteiger partial charge on any atom is 0.310 e. The van der Waals surface area contributed by atoms with Crippen molar-refractivity contribution in [1.82, 2.24) is 5.32 Å². The van der Waals surface area contributed by atoms with Gasteiger partial charge < -0.3 is 15.4 Å². The van der Waals surface area contributed by atoms with E-state index in [9.17, 15) is 18.8 Å². The number of rotatable bonds is 5. The zero-order valence-electron chi connectivity index (χ0n) is 14.0. The summed E-state index contributed by atoms with van der Waals surface area (Å²) in [5.41, 5.74) is -0.656. The summed E-state index contributed by atoms with van der Waals surface area (Å²) in [5.74, 6) is -1.84. The number of ether oxygens (including phenoxy) is 1. The number of anilines is 1. The average Bonchev–Trinajstić information content (AvgIpc) is 3.30. The second-order valence-electron chi connectivity index (χ2n) is 6.68. The normalized spacial score (nSPS) is 23.6. The van der Waals surface area contributed by atoms with Crippen molar-refractivity contribution in [3.8, 4) is 0 Å². The maximum absolute atomic E-state index is 12.9. The quantitative estimate of drug-likeness (QED) is 0.630. The first-order valence-electron chi connectivity index (χ1n) is 8.42. The molecule has 2 fully saturated rings. The van der Waals surface area contributed by atoms with Gasteiger partial charge in [-0.05, 0) is 49.9 Å². The minimum absolute atomic E-state index is 0.295. The molecule has 0 spiro atoms. The fourth-order valence-corrected chi connectivity index (χ4v) is 3.34. The lowest BCUT2D eigenvalue weighted by atomic mass is 10.00. The summed E-state index contributed by atoms with van der Waals surface area (Å²) in [6.07, 6.45) is 3.12. The molecular weight excluding hydrogens is 327 g/mol. The highest BCUT2D eigenvalue weighted by Crippen LogP contribution is 2.47. The van der Waals surface area contributed by atoms with Crippen molar-refractivity contribution in [2.45, 2.75) is 38.1 Å². The van der Waals surface area contributed by atoms with Crippen LogP contribution in [-0.2, 0) is 19.1 Å². The van der Waals surface area contributed by atoms with Crippen LogP contribution in [0.1, 0.15) is 32.1 Å². The van der Waals surface area contributed by atoms with E-state index in [1.807, 2.05) is 0 Å². The predicted octanol–water partition coefficient (Wildman–Crippen LogP) is 2.00. The Hall–Kier alpha value is -2.44. The third-order valence-electron chi connectivity index (χ3n) is 5.06. The number of methoxy groups -OCH3 is 1. The molecule has 2 atom stereocenters. The molecule has 1 aromatic carbocycles. The van der Waals surface area contributed by atoms with Crippen LogP contribution in [0.25, 0.3) is 0 Å². The highest BCUT2D eigenvalue weighted by molar-refractivity contribution is 6.13. The number of benzene rings is 1. The second kappa shape index (κ2) is 6.82. The Kier molecular flexibility index (Phi) is 4.74. The zero-order chi connectivity index (χ0) is 18.0. The molecule has 25 heavy (non-hydrogen) atoms. The van der Waals surface area contributed by atoms with Crippen LogP contribution in [0, 0.1) is 17.2 Å². The van der Waals surface area contributed by atoms with E-state index in [1.54, 1.807) is 0 Å². The number of esters is 1. The summed E-state index contributed by atoms with van der Waals surface area (Å²) in [4.78, 5) is 36.9. The molecule has 0 aromatic heterocycles. The SMILES string of the molecule is COC(=O)[C@H]1CCC[C@H]1NC(=O)C1(C(=O)Nc2ccc(F)cc2)CC1. The molecule has 0 aliphatic heterocycles. The molecule has 134 valence electrons. The molecule has 2 aliphatic rings. The van der Waals surface area contributed by atoms with Crippen molar-refractivity contribution in [3.05, 3.63) is 30.1 Å². The molecule has 2 N–H and O–H groups in total. The van der Waals surface area contributed by atoms with Crippen molar-refractivity contribution in [1.29, 1.82) is 0 Å². The first kappa shape index (κ1) is 17.4. The molecule has 0 unspecified atom stereocenters. The van der Waals surface area contributed by atoms with Crippen LogP contribution in [0.3, 0.4) is 0 Å². The Labute approximate surface area is 145 Å². The van der Waals surface area contributed by atoms with E-state index in [4.69, 9.17) is 4.74 Å². The van der Waals surface area contributed by atoms with Gasteiger partial charge in [0, 0.05) is 11.7 Å². The summed E-state index contributed by atoms with van der Waals surface area (Å²) >= 11 is 0. The van der Waals surface area contributed by atoms with Crippen molar-refractivity contribution >= 4 is 23.5 Å². The van der Waals surface area contributed by atoms with E-state index < -0.39 is 17.1 Å². The van der Waals surface area contributed by atoms with Crippen LogP contribution in [0.2, 0.25) is 0 Å². The van der Waals surface area contributed by atoms with Gasteiger partial charge in [0.05, 0.1) is 13.0 Å². The molecule has 0 heterocycles. The minimum atomic E-state index is -1.10. The predicted molar refractivity (Wildman–Crippen MR) is 88.0 cm³/mol. The van der Waals surface area contributed by atoms with E-state index in [-0.39, 0.29) is 23.8 Å². The lowest BCUT2D eigenvalue weighted by molar-refractivity contribution is -0.146. The fourth-order valence-electron chi connectivity index (χ4n) is 3.34. The summed E-state index contributed by atoms with van der Waals surface area (Å²) in [6, 6.07) is 5.09. The average molecular weight is 348 g/mol. The van der Waals surface area contributed by atoms with Gasteiger partial charge in [0.15, 0.2) is 0 Å².